The highest BCUT2D eigenvalue weighted by atomic mass is 19.4. The van der Waals surface area contributed by atoms with Crippen LogP contribution in [0.5, 0.6) is 0 Å². The van der Waals surface area contributed by atoms with E-state index >= 15 is 0 Å². The van der Waals surface area contributed by atoms with Crippen LogP contribution in [0.4, 0.5) is 37.7 Å². The lowest BCUT2D eigenvalue weighted by Crippen LogP contribution is -2.55. The molecule has 8 nitrogen and oxygen atoms in total. The first-order valence-electron chi connectivity index (χ1n) is 8.26. The molecule has 0 saturated heterocycles. The topological polar surface area (TPSA) is 133 Å². The van der Waals surface area contributed by atoms with Gasteiger partial charge < -0.3 is 10.2 Å². The summed E-state index contributed by atoms with van der Waals surface area (Å²) in [6, 6.07) is 1.50. The lowest BCUT2D eigenvalue weighted by Gasteiger charge is -2.38. The van der Waals surface area contributed by atoms with E-state index in [1.807, 2.05) is 0 Å². The van der Waals surface area contributed by atoms with Crippen molar-refractivity contribution in [1.29, 1.82) is 0 Å². The number of benzene rings is 2. The maximum absolute atomic E-state index is 14.3. The highest BCUT2D eigenvalue weighted by Gasteiger charge is 2.72. The van der Waals surface area contributed by atoms with Crippen LogP contribution in [-0.4, -0.2) is 46.7 Å². The van der Waals surface area contributed by atoms with Gasteiger partial charge in [-0.15, -0.1) is 0 Å². The van der Waals surface area contributed by atoms with Crippen LogP contribution in [0.25, 0.3) is 0 Å². The molecule has 0 aromatic heterocycles. The minimum Gasteiger partial charge on any atom is -0.478 e. The number of halogens is 6. The molecule has 0 spiro atoms. The number of carbonyl (C=O) groups excluding carboxylic acids is 2. The molecule has 2 rings (SSSR count). The van der Waals surface area contributed by atoms with Gasteiger partial charge in [-0.3, -0.25) is 0 Å². The van der Waals surface area contributed by atoms with Crippen molar-refractivity contribution in [2.75, 3.05) is 0 Å². The van der Waals surface area contributed by atoms with Crippen molar-refractivity contribution in [3.05, 3.63) is 58.7 Å². The maximum Gasteiger partial charge on any atom is 0.411 e. The van der Waals surface area contributed by atoms with Gasteiger partial charge in [-0.05, 0) is 47.5 Å². The third-order valence-corrected chi connectivity index (χ3v) is 4.40. The molecule has 0 saturated carbocycles. The first-order chi connectivity index (χ1) is 15.2. The Bertz CT molecular complexity index is 1090. The van der Waals surface area contributed by atoms with Crippen LogP contribution in [0.1, 0.15) is 31.8 Å². The molecule has 2 N–H and O–H groups in total. The van der Waals surface area contributed by atoms with E-state index in [1.54, 1.807) is 0 Å². The third-order valence-electron chi connectivity index (χ3n) is 4.40. The Balaban J connectivity index is 3.20. The Labute approximate surface area is 178 Å². The maximum atomic E-state index is 14.3. The van der Waals surface area contributed by atoms with Crippen LogP contribution in [-0.2, 0) is 15.0 Å². The lowest BCUT2D eigenvalue weighted by molar-refractivity contribution is -0.288. The average Bonchev–Trinajstić information content (AvgIpc) is 2.66. The van der Waals surface area contributed by atoms with Gasteiger partial charge in [0.1, 0.15) is 0 Å². The van der Waals surface area contributed by atoms with Crippen molar-refractivity contribution in [3.8, 4) is 0 Å². The third kappa shape index (κ3) is 4.52. The van der Waals surface area contributed by atoms with E-state index in [9.17, 15) is 45.5 Å². The fraction of sp³-hybridized carbons (Fsp3) is 0.158. The molecular weight excluding hydrogens is 466 g/mol. The fourth-order valence-electron chi connectivity index (χ4n) is 3.12. The Morgan fingerprint density at radius 3 is 1.24 bits per heavy atom. The van der Waals surface area contributed by atoms with Crippen molar-refractivity contribution in [2.45, 2.75) is 17.8 Å². The normalized spacial score (nSPS) is 11.8. The highest BCUT2D eigenvalue weighted by Crippen LogP contribution is 2.57. The van der Waals surface area contributed by atoms with Gasteiger partial charge in [-0.1, -0.05) is 0 Å². The Morgan fingerprint density at radius 1 is 0.667 bits per heavy atom. The van der Waals surface area contributed by atoms with Gasteiger partial charge in [-0.25, -0.2) is 19.2 Å². The summed E-state index contributed by atoms with van der Waals surface area (Å²) in [4.78, 5) is 49.5. The van der Waals surface area contributed by atoms with Crippen molar-refractivity contribution >= 4 is 35.5 Å². The molecule has 172 valence electrons. The van der Waals surface area contributed by atoms with Crippen molar-refractivity contribution in [3.63, 3.8) is 0 Å². The van der Waals surface area contributed by atoms with Gasteiger partial charge in [0.05, 0.1) is 22.5 Å². The molecule has 2 aromatic rings. The summed E-state index contributed by atoms with van der Waals surface area (Å²) in [7, 11) is 0. The minimum absolute atomic E-state index is 0.0588. The summed E-state index contributed by atoms with van der Waals surface area (Å²) < 4.78 is 85.9. The lowest BCUT2D eigenvalue weighted by atomic mass is 9.72. The number of hydrogen-bond donors (Lipinski definition) is 2. The molecule has 14 heteroatoms. The second kappa shape index (κ2) is 8.69. The minimum atomic E-state index is -6.25. The number of carboxylic acids is 2. The molecule has 0 aliphatic rings. The van der Waals surface area contributed by atoms with E-state index in [4.69, 9.17) is 10.2 Å². The first kappa shape index (κ1) is 25.0. The zero-order valence-electron chi connectivity index (χ0n) is 15.7. The summed E-state index contributed by atoms with van der Waals surface area (Å²) in [6.45, 7) is 0. The van der Waals surface area contributed by atoms with E-state index in [0.29, 0.717) is 12.1 Å². The SMILES string of the molecule is O=C=Nc1cc(C(=O)O)cc(C(c2cc(N=C=O)cc(C(=O)O)c2)(C(F)(F)F)C(F)(F)F)c1. The van der Waals surface area contributed by atoms with Crippen LogP contribution in [0.3, 0.4) is 0 Å². The molecule has 0 amide bonds. The van der Waals surface area contributed by atoms with E-state index in [-0.39, 0.29) is 24.3 Å². The average molecular weight is 474 g/mol. The molecule has 0 heterocycles. The molecule has 0 bridgehead atoms. The number of aromatic carboxylic acids is 2. The molecule has 0 radical (unpaired) electrons. The van der Waals surface area contributed by atoms with Crippen LogP contribution in [0.15, 0.2) is 46.4 Å². The second-order valence-corrected chi connectivity index (χ2v) is 6.30. The molecule has 0 fully saturated rings. The van der Waals surface area contributed by atoms with E-state index in [2.05, 4.69) is 9.98 Å². The van der Waals surface area contributed by atoms with Gasteiger partial charge >= 0.3 is 24.3 Å². The first-order valence-corrected chi connectivity index (χ1v) is 8.26. The summed E-state index contributed by atoms with van der Waals surface area (Å²) in [6.07, 6.45) is -10.7. The largest absolute Gasteiger partial charge is 0.478 e. The zero-order chi connectivity index (χ0) is 25.2. The summed E-state index contributed by atoms with van der Waals surface area (Å²) >= 11 is 0. The summed E-state index contributed by atoms with van der Waals surface area (Å²) in [5, 5.41) is 18.3. The van der Waals surface area contributed by atoms with Crippen molar-refractivity contribution in [1.82, 2.24) is 0 Å². The number of hydrogen-bond acceptors (Lipinski definition) is 6. The zero-order valence-corrected chi connectivity index (χ0v) is 15.7. The summed E-state index contributed by atoms with van der Waals surface area (Å²) in [5.41, 5.74) is -12.4. The summed E-state index contributed by atoms with van der Waals surface area (Å²) in [5.74, 6) is -3.88. The number of isocyanates is 2. The standard InChI is InChI=1S/C19H8F6N2O6/c20-18(21,22)17(19(23,24)25,11-1-9(15(30)31)3-13(5-11)26-7-28)12-2-10(16(32)33)4-14(6-12)27-8-29/h1-6H,(H,30,31)(H,32,33). The number of rotatable bonds is 6. The molecule has 33 heavy (non-hydrogen) atoms. The predicted octanol–water partition coefficient (Wildman–Crippen LogP) is 4.43. The van der Waals surface area contributed by atoms with E-state index in [0.717, 1.165) is 12.2 Å². The molecule has 0 aliphatic carbocycles. The van der Waals surface area contributed by atoms with Crippen LogP contribution >= 0.6 is 0 Å². The van der Waals surface area contributed by atoms with Crippen LogP contribution < -0.4 is 0 Å². The number of aliphatic imine (C=N–C) groups is 2. The van der Waals surface area contributed by atoms with Crippen LogP contribution in [0.2, 0.25) is 0 Å². The molecule has 2 aromatic carbocycles. The molecular formula is C19H8F6N2O6. The highest BCUT2D eigenvalue weighted by molar-refractivity contribution is 5.90. The number of carboxylic acid groups (broad SMARTS) is 2. The number of alkyl halides is 6. The molecule has 0 atom stereocenters. The van der Waals surface area contributed by atoms with Gasteiger partial charge in [0.2, 0.25) is 17.6 Å². The Hall–Kier alpha value is -4.28. The Kier molecular flexibility index (Phi) is 6.58. The fourth-order valence-corrected chi connectivity index (χ4v) is 3.12. The molecule has 0 unspecified atom stereocenters. The Morgan fingerprint density at radius 2 is 1.00 bits per heavy atom. The van der Waals surface area contributed by atoms with E-state index in [1.165, 1.54) is 0 Å². The molecule has 0 aliphatic heterocycles. The quantitative estimate of drug-likeness (QED) is 0.362. The predicted molar refractivity (Wildman–Crippen MR) is 95.3 cm³/mol. The van der Waals surface area contributed by atoms with Gasteiger partial charge in [-0.2, -0.15) is 36.3 Å². The number of carbonyl (C=O) groups is 2. The second-order valence-electron chi connectivity index (χ2n) is 6.30. The van der Waals surface area contributed by atoms with Crippen LogP contribution in [0, 0.1) is 0 Å². The van der Waals surface area contributed by atoms with Gasteiger partial charge in [0.15, 0.2) is 0 Å². The van der Waals surface area contributed by atoms with Crippen molar-refractivity contribution in [2.24, 2.45) is 9.98 Å². The van der Waals surface area contributed by atoms with Crippen molar-refractivity contribution < 1.29 is 55.7 Å². The van der Waals surface area contributed by atoms with Gasteiger partial charge in [0, 0.05) is 0 Å². The monoisotopic (exact) mass is 474 g/mol. The van der Waals surface area contributed by atoms with Gasteiger partial charge in [0.25, 0.3) is 0 Å². The van der Waals surface area contributed by atoms with E-state index < -0.39 is 63.3 Å². The smallest absolute Gasteiger partial charge is 0.411 e. The number of nitrogens with zero attached hydrogens (tertiary/aromatic N) is 2.